The molecule has 0 saturated carbocycles. The lowest BCUT2D eigenvalue weighted by Crippen LogP contribution is -2.37. The maximum absolute atomic E-state index is 12.3. The zero-order valence-corrected chi connectivity index (χ0v) is 15.0. The van der Waals surface area contributed by atoms with Crippen molar-refractivity contribution < 1.29 is 9.21 Å². The van der Waals surface area contributed by atoms with Gasteiger partial charge >= 0.3 is 11.3 Å². The first-order valence-electron chi connectivity index (χ1n) is 7.21. The van der Waals surface area contributed by atoms with Gasteiger partial charge in [-0.15, -0.1) is 0 Å². The van der Waals surface area contributed by atoms with Crippen LogP contribution in [0.4, 0.5) is 5.69 Å². The van der Waals surface area contributed by atoms with Crippen molar-refractivity contribution in [3.63, 3.8) is 0 Å². The van der Waals surface area contributed by atoms with Gasteiger partial charge in [0.15, 0.2) is 0 Å². The Morgan fingerprint density at radius 3 is 2.42 bits per heavy atom. The van der Waals surface area contributed by atoms with Crippen LogP contribution in [0.2, 0.25) is 10.0 Å². The molecule has 1 aromatic carbocycles. The summed E-state index contributed by atoms with van der Waals surface area (Å²) in [5.41, 5.74) is -2.58. The van der Waals surface area contributed by atoms with E-state index < -0.39 is 22.8 Å². The van der Waals surface area contributed by atoms with Crippen LogP contribution in [0.5, 0.6) is 0 Å². The van der Waals surface area contributed by atoms with Gasteiger partial charge in [-0.2, -0.15) is 0 Å². The molecule has 26 heavy (non-hydrogen) atoms. The summed E-state index contributed by atoms with van der Waals surface area (Å²) in [6.07, 6.45) is 0. The molecule has 1 N–H and O–H groups in total. The van der Waals surface area contributed by atoms with Gasteiger partial charge in [0.2, 0.25) is 5.71 Å². The number of nitrogens with one attached hydrogen (secondary N) is 1. The van der Waals surface area contributed by atoms with Gasteiger partial charge in [0.05, 0.1) is 10.6 Å². The van der Waals surface area contributed by atoms with Gasteiger partial charge < -0.3 is 9.73 Å². The number of fused-ring (bicyclic) bond motifs is 1. The number of aryl methyl sites for hydroxylation is 1. The van der Waals surface area contributed by atoms with E-state index in [1.54, 1.807) is 0 Å². The minimum absolute atomic E-state index is 0.0355. The second-order valence-electron chi connectivity index (χ2n) is 5.45. The molecule has 134 valence electrons. The number of halogens is 2. The monoisotopic (exact) mass is 395 g/mol. The highest BCUT2D eigenvalue weighted by atomic mass is 35.5. The third kappa shape index (κ3) is 2.93. The smallest absolute Gasteiger partial charge is 0.361 e. The van der Waals surface area contributed by atoms with Gasteiger partial charge in [0.25, 0.3) is 11.5 Å². The number of hydrogen-bond donors (Lipinski definition) is 1. The van der Waals surface area contributed by atoms with E-state index in [-0.39, 0.29) is 27.4 Å². The van der Waals surface area contributed by atoms with Crippen LogP contribution in [0.25, 0.3) is 11.1 Å². The lowest BCUT2D eigenvalue weighted by molar-refractivity contribution is 0.102. The SMILES string of the molecule is Cn1c(=O)c2cc(NC(=O)c3ccc(Cl)cc3Cl)c(=O)oc2n(C)c1=O. The van der Waals surface area contributed by atoms with Gasteiger partial charge in [-0.1, -0.05) is 23.2 Å². The van der Waals surface area contributed by atoms with Gasteiger partial charge in [0.1, 0.15) is 11.1 Å². The minimum Gasteiger partial charge on any atom is -0.404 e. The number of benzene rings is 1. The van der Waals surface area contributed by atoms with Crippen molar-refractivity contribution in [2.45, 2.75) is 0 Å². The summed E-state index contributed by atoms with van der Waals surface area (Å²) in [5.74, 6) is -0.681. The molecule has 3 rings (SSSR count). The van der Waals surface area contributed by atoms with Crippen molar-refractivity contribution in [2.75, 3.05) is 5.32 Å². The molecule has 0 radical (unpaired) electrons. The Balaban J connectivity index is 2.13. The van der Waals surface area contributed by atoms with E-state index in [1.807, 2.05) is 0 Å². The molecule has 0 spiro atoms. The van der Waals surface area contributed by atoms with Crippen LogP contribution in [0.3, 0.4) is 0 Å². The summed E-state index contributed by atoms with van der Waals surface area (Å²) < 4.78 is 6.94. The summed E-state index contributed by atoms with van der Waals surface area (Å²) in [6.45, 7) is 0. The van der Waals surface area contributed by atoms with Crippen LogP contribution in [-0.4, -0.2) is 15.0 Å². The number of amides is 1. The number of rotatable bonds is 2. The summed E-state index contributed by atoms with van der Waals surface area (Å²) in [6, 6.07) is 5.40. The summed E-state index contributed by atoms with van der Waals surface area (Å²) >= 11 is 11.8. The molecular weight excluding hydrogens is 385 g/mol. The van der Waals surface area contributed by atoms with Gasteiger partial charge in [-0.25, -0.2) is 9.59 Å². The fraction of sp³-hybridized carbons (Fsp3) is 0.125. The number of anilines is 1. The molecular formula is C16H11Cl2N3O5. The average Bonchev–Trinajstić information content (AvgIpc) is 2.59. The minimum atomic E-state index is -0.917. The van der Waals surface area contributed by atoms with E-state index in [9.17, 15) is 19.2 Å². The van der Waals surface area contributed by atoms with Gasteiger partial charge in [0, 0.05) is 19.1 Å². The lowest BCUT2D eigenvalue weighted by atomic mass is 10.2. The number of carbonyl (C=O) groups excluding carboxylic acids is 1. The second kappa shape index (κ2) is 6.47. The molecule has 0 aliphatic heterocycles. The fourth-order valence-corrected chi connectivity index (χ4v) is 2.89. The van der Waals surface area contributed by atoms with Gasteiger partial charge in [-0.05, 0) is 24.3 Å². The van der Waals surface area contributed by atoms with E-state index in [2.05, 4.69) is 5.32 Å². The predicted molar refractivity (Wildman–Crippen MR) is 97.4 cm³/mol. The van der Waals surface area contributed by atoms with Crippen LogP contribution < -0.4 is 22.2 Å². The Morgan fingerprint density at radius 1 is 1.08 bits per heavy atom. The number of carbonyl (C=O) groups is 1. The van der Waals surface area contributed by atoms with Crippen molar-refractivity contribution in [3.8, 4) is 0 Å². The predicted octanol–water partition coefficient (Wildman–Crippen LogP) is 1.75. The molecule has 0 aliphatic rings. The normalized spacial score (nSPS) is 10.9. The fourth-order valence-electron chi connectivity index (χ4n) is 2.39. The van der Waals surface area contributed by atoms with Crippen molar-refractivity contribution in [3.05, 3.63) is 71.1 Å². The number of aromatic nitrogens is 2. The first-order chi connectivity index (χ1) is 12.2. The van der Waals surface area contributed by atoms with E-state index >= 15 is 0 Å². The van der Waals surface area contributed by atoms with Crippen molar-refractivity contribution >= 4 is 45.9 Å². The van der Waals surface area contributed by atoms with Crippen molar-refractivity contribution in [1.29, 1.82) is 0 Å². The van der Waals surface area contributed by atoms with Crippen molar-refractivity contribution in [1.82, 2.24) is 9.13 Å². The first-order valence-corrected chi connectivity index (χ1v) is 7.96. The Morgan fingerprint density at radius 2 is 1.77 bits per heavy atom. The second-order valence-corrected chi connectivity index (χ2v) is 6.29. The highest BCUT2D eigenvalue weighted by Gasteiger charge is 2.17. The maximum Gasteiger partial charge on any atom is 0.361 e. The molecule has 8 nitrogen and oxygen atoms in total. The molecule has 0 saturated heterocycles. The third-order valence-corrected chi connectivity index (χ3v) is 4.31. The zero-order valence-electron chi connectivity index (χ0n) is 13.5. The molecule has 0 unspecified atom stereocenters. The lowest BCUT2D eigenvalue weighted by Gasteiger charge is -2.09. The van der Waals surface area contributed by atoms with Crippen LogP contribution >= 0.6 is 23.2 Å². The standard InChI is InChI=1S/C16H11Cl2N3O5/c1-20-13(23)9-6-11(15(24)26-14(9)21(2)16(20)25)19-12(22)8-4-3-7(17)5-10(8)18/h3-6H,1-2H3,(H,19,22). The Labute approximate surface area is 155 Å². The largest absolute Gasteiger partial charge is 0.404 e. The molecule has 2 heterocycles. The number of hydrogen-bond acceptors (Lipinski definition) is 5. The van der Waals surface area contributed by atoms with Crippen LogP contribution in [0, 0.1) is 0 Å². The molecule has 0 bridgehead atoms. The molecule has 10 heteroatoms. The van der Waals surface area contributed by atoms with E-state index in [0.29, 0.717) is 5.02 Å². The Hall–Kier alpha value is -2.84. The summed E-state index contributed by atoms with van der Waals surface area (Å²) in [7, 11) is 2.65. The highest BCUT2D eigenvalue weighted by Crippen LogP contribution is 2.22. The molecule has 0 fully saturated rings. The molecule has 1 amide bonds. The Kier molecular flexibility index (Phi) is 4.47. The van der Waals surface area contributed by atoms with Crippen LogP contribution in [-0.2, 0) is 14.1 Å². The summed E-state index contributed by atoms with van der Waals surface area (Å²) in [4.78, 5) is 48.6. The quantitative estimate of drug-likeness (QED) is 0.711. The highest BCUT2D eigenvalue weighted by molar-refractivity contribution is 6.37. The van der Waals surface area contributed by atoms with Crippen LogP contribution in [0.15, 0.2) is 43.1 Å². The Bertz CT molecular complexity index is 1240. The maximum atomic E-state index is 12.3. The molecule has 3 aromatic rings. The average molecular weight is 396 g/mol. The van der Waals surface area contributed by atoms with E-state index in [1.165, 1.54) is 32.3 Å². The topological polar surface area (TPSA) is 103 Å². The van der Waals surface area contributed by atoms with Crippen LogP contribution in [0.1, 0.15) is 10.4 Å². The number of nitrogens with zero attached hydrogens (tertiary/aromatic N) is 2. The van der Waals surface area contributed by atoms with Crippen molar-refractivity contribution in [2.24, 2.45) is 14.1 Å². The first kappa shape index (κ1) is 18.0. The molecule has 0 aliphatic carbocycles. The molecule has 2 aromatic heterocycles. The zero-order chi connectivity index (χ0) is 19.2. The van der Waals surface area contributed by atoms with E-state index in [0.717, 1.165) is 15.2 Å². The summed E-state index contributed by atoms with van der Waals surface area (Å²) in [5, 5.41) is 2.76. The molecule has 0 atom stereocenters. The van der Waals surface area contributed by atoms with Gasteiger partial charge in [-0.3, -0.25) is 18.7 Å². The third-order valence-electron chi connectivity index (χ3n) is 3.77. The van der Waals surface area contributed by atoms with E-state index in [4.69, 9.17) is 27.6 Å².